The maximum Gasteiger partial charge on any atom is 0.255 e. The van der Waals surface area contributed by atoms with Gasteiger partial charge < -0.3 is 16.4 Å². The van der Waals surface area contributed by atoms with Gasteiger partial charge in [-0.2, -0.15) is 0 Å². The highest BCUT2D eigenvalue weighted by molar-refractivity contribution is 6.00. The maximum absolute atomic E-state index is 13.1. The quantitative estimate of drug-likeness (QED) is 0.577. The molecule has 1 aliphatic carbocycles. The third-order valence-corrected chi connectivity index (χ3v) is 6.01. The van der Waals surface area contributed by atoms with E-state index in [1.165, 1.54) is 5.56 Å². The van der Waals surface area contributed by atoms with Crippen molar-refractivity contribution in [3.63, 3.8) is 0 Å². The van der Waals surface area contributed by atoms with E-state index in [-0.39, 0.29) is 23.4 Å². The summed E-state index contributed by atoms with van der Waals surface area (Å²) in [5.74, 6) is 0.871. The van der Waals surface area contributed by atoms with E-state index in [4.69, 9.17) is 10.7 Å². The van der Waals surface area contributed by atoms with Gasteiger partial charge in [0.15, 0.2) is 5.65 Å². The molecule has 1 saturated carbocycles. The van der Waals surface area contributed by atoms with Crippen LogP contribution in [0.1, 0.15) is 68.1 Å². The summed E-state index contributed by atoms with van der Waals surface area (Å²) in [5, 5.41) is 6.77. The smallest absolute Gasteiger partial charge is 0.255 e. The Hall–Kier alpha value is -2.86. The van der Waals surface area contributed by atoms with E-state index in [9.17, 15) is 4.79 Å². The first-order chi connectivity index (χ1) is 14.8. The lowest BCUT2D eigenvalue weighted by atomic mass is 9.91. The second-order valence-corrected chi connectivity index (χ2v) is 9.60. The summed E-state index contributed by atoms with van der Waals surface area (Å²) >= 11 is 0. The largest absolute Gasteiger partial charge is 0.366 e. The van der Waals surface area contributed by atoms with Crippen molar-refractivity contribution in [2.45, 2.75) is 70.5 Å². The summed E-state index contributed by atoms with van der Waals surface area (Å²) < 4.78 is 2.01. The molecule has 1 aromatic carbocycles. The zero-order valence-corrected chi connectivity index (χ0v) is 18.7. The number of fused-ring (bicyclic) bond motifs is 1. The average Bonchev–Trinajstić information content (AvgIpc) is 3.14. The molecular weight excluding hydrogens is 386 g/mol. The molecule has 1 amide bonds. The molecule has 1 aliphatic rings. The Morgan fingerprint density at radius 3 is 2.48 bits per heavy atom. The Morgan fingerprint density at radius 1 is 1.10 bits per heavy atom. The van der Waals surface area contributed by atoms with Crippen LogP contribution in [0, 0.1) is 0 Å². The number of anilines is 1. The zero-order valence-electron chi connectivity index (χ0n) is 18.7. The molecule has 4 rings (SSSR count). The first kappa shape index (κ1) is 21.4. The normalized spacial score (nSPS) is 19.4. The number of carbonyl (C=O) groups excluding carboxylic acids is 1. The lowest BCUT2D eigenvalue weighted by Crippen LogP contribution is -2.40. The van der Waals surface area contributed by atoms with Crippen molar-refractivity contribution in [2.24, 2.45) is 5.73 Å². The first-order valence-corrected chi connectivity index (χ1v) is 11.2. The standard InChI is InChI=1S/C25H33N5O/c1-25(2,3)21-23(27-16-17-8-5-4-6-9-17)30-15-7-10-20(22(30)29-21)24(31)28-19-13-11-18(26)12-14-19/h4-10,15,18-19,27H,11-14,16,26H2,1-3H3,(H,28,31). The summed E-state index contributed by atoms with van der Waals surface area (Å²) in [7, 11) is 0. The Labute approximate surface area is 184 Å². The molecule has 6 nitrogen and oxygen atoms in total. The second kappa shape index (κ2) is 8.71. The van der Waals surface area contributed by atoms with Gasteiger partial charge in [0.05, 0.1) is 11.3 Å². The molecule has 31 heavy (non-hydrogen) atoms. The number of hydrogen-bond donors (Lipinski definition) is 3. The summed E-state index contributed by atoms with van der Waals surface area (Å²) in [6.07, 6.45) is 5.75. The number of imidazole rings is 1. The SMILES string of the molecule is CC(C)(C)c1nc2c(C(=O)NC3CCC(N)CC3)cccn2c1NCc1ccccc1. The van der Waals surface area contributed by atoms with E-state index in [0.717, 1.165) is 37.2 Å². The summed E-state index contributed by atoms with van der Waals surface area (Å²) in [6, 6.07) is 14.5. The van der Waals surface area contributed by atoms with Crippen LogP contribution < -0.4 is 16.4 Å². The molecule has 0 unspecified atom stereocenters. The van der Waals surface area contributed by atoms with Crippen LogP contribution in [-0.2, 0) is 12.0 Å². The second-order valence-electron chi connectivity index (χ2n) is 9.60. The molecule has 2 heterocycles. The first-order valence-electron chi connectivity index (χ1n) is 11.2. The van der Waals surface area contributed by atoms with Crippen LogP contribution in [0.5, 0.6) is 0 Å². The Morgan fingerprint density at radius 2 is 1.81 bits per heavy atom. The minimum atomic E-state index is -0.168. The molecule has 3 aromatic rings. The number of benzene rings is 1. The molecule has 4 N–H and O–H groups in total. The van der Waals surface area contributed by atoms with E-state index in [1.54, 1.807) is 0 Å². The lowest BCUT2D eigenvalue weighted by Gasteiger charge is -2.26. The molecule has 164 valence electrons. The van der Waals surface area contributed by atoms with Crippen LogP contribution in [0.3, 0.4) is 0 Å². The topological polar surface area (TPSA) is 84.5 Å². The maximum atomic E-state index is 13.1. The number of nitrogens with zero attached hydrogens (tertiary/aromatic N) is 2. The summed E-state index contributed by atoms with van der Waals surface area (Å²) in [4.78, 5) is 18.1. The van der Waals surface area contributed by atoms with Crippen molar-refractivity contribution in [1.29, 1.82) is 0 Å². The van der Waals surface area contributed by atoms with Gasteiger partial charge in [-0.25, -0.2) is 4.98 Å². The highest BCUT2D eigenvalue weighted by atomic mass is 16.1. The third kappa shape index (κ3) is 4.74. The van der Waals surface area contributed by atoms with Gasteiger partial charge in [0.2, 0.25) is 0 Å². The van der Waals surface area contributed by atoms with Gasteiger partial charge in [0.1, 0.15) is 5.82 Å². The molecule has 0 atom stereocenters. The molecule has 0 radical (unpaired) electrons. The van der Waals surface area contributed by atoms with Gasteiger partial charge >= 0.3 is 0 Å². The fourth-order valence-corrected chi connectivity index (χ4v) is 4.25. The van der Waals surface area contributed by atoms with E-state index in [2.05, 4.69) is 43.5 Å². The van der Waals surface area contributed by atoms with Gasteiger partial charge in [-0.15, -0.1) is 0 Å². The van der Waals surface area contributed by atoms with Crippen LogP contribution in [0.25, 0.3) is 5.65 Å². The van der Waals surface area contributed by atoms with Crippen LogP contribution in [-0.4, -0.2) is 27.4 Å². The van der Waals surface area contributed by atoms with Crippen molar-refractivity contribution in [3.05, 3.63) is 65.5 Å². The highest BCUT2D eigenvalue weighted by Crippen LogP contribution is 2.31. The average molecular weight is 420 g/mol. The Balaban J connectivity index is 1.65. The van der Waals surface area contributed by atoms with Crippen molar-refractivity contribution < 1.29 is 4.79 Å². The van der Waals surface area contributed by atoms with Crippen LogP contribution in [0.4, 0.5) is 5.82 Å². The molecular formula is C25H33N5O. The third-order valence-electron chi connectivity index (χ3n) is 6.01. The van der Waals surface area contributed by atoms with Gasteiger partial charge in [-0.1, -0.05) is 51.1 Å². The number of pyridine rings is 1. The fraction of sp³-hybridized carbons (Fsp3) is 0.440. The molecule has 2 aromatic heterocycles. The van der Waals surface area contributed by atoms with Crippen molar-refractivity contribution in [2.75, 3.05) is 5.32 Å². The van der Waals surface area contributed by atoms with Gasteiger partial charge in [-0.05, 0) is 43.4 Å². The number of amides is 1. The predicted octanol–water partition coefficient (Wildman–Crippen LogP) is 4.24. The van der Waals surface area contributed by atoms with Crippen molar-refractivity contribution in [3.8, 4) is 0 Å². The highest BCUT2D eigenvalue weighted by Gasteiger charge is 2.27. The minimum absolute atomic E-state index is 0.0638. The van der Waals surface area contributed by atoms with E-state index in [1.807, 2.05) is 40.9 Å². The number of hydrogen-bond acceptors (Lipinski definition) is 4. The van der Waals surface area contributed by atoms with Gasteiger partial charge in [0.25, 0.3) is 5.91 Å². The van der Waals surface area contributed by atoms with E-state index < -0.39 is 0 Å². The van der Waals surface area contributed by atoms with E-state index in [0.29, 0.717) is 17.8 Å². The zero-order chi connectivity index (χ0) is 22.0. The summed E-state index contributed by atoms with van der Waals surface area (Å²) in [5.41, 5.74) is 9.28. The monoisotopic (exact) mass is 419 g/mol. The number of rotatable bonds is 5. The number of nitrogens with one attached hydrogen (secondary N) is 2. The van der Waals surface area contributed by atoms with Gasteiger partial charge in [0, 0.05) is 30.2 Å². The molecule has 0 spiro atoms. The fourth-order valence-electron chi connectivity index (χ4n) is 4.25. The van der Waals surface area contributed by atoms with Crippen LogP contribution in [0.15, 0.2) is 48.7 Å². The molecule has 0 bridgehead atoms. The predicted molar refractivity (Wildman–Crippen MR) is 125 cm³/mol. The van der Waals surface area contributed by atoms with Crippen molar-refractivity contribution in [1.82, 2.24) is 14.7 Å². The Bertz CT molecular complexity index is 1040. The number of carbonyl (C=O) groups is 1. The summed E-state index contributed by atoms with van der Waals surface area (Å²) in [6.45, 7) is 7.13. The molecule has 6 heteroatoms. The number of nitrogens with two attached hydrogens (primary N) is 1. The minimum Gasteiger partial charge on any atom is -0.366 e. The molecule has 1 fully saturated rings. The van der Waals surface area contributed by atoms with Crippen molar-refractivity contribution >= 4 is 17.4 Å². The van der Waals surface area contributed by atoms with Crippen LogP contribution in [0.2, 0.25) is 0 Å². The van der Waals surface area contributed by atoms with Gasteiger partial charge in [-0.3, -0.25) is 9.20 Å². The molecule has 0 saturated heterocycles. The molecule has 0 aliphatic heterocycles. The van der Waals surface area contributed by atoms with Crippen LogP contribution >= 0.6 is 0 Å². The number of aromatic nitrogens is 2. The lowest BCUT2D eigenvalue weighted by molar-refractivity contribution is 0.0927. The Kier molecular flexibility index (Phi) is 6.01. The van der Waals surface area contributed by atoms with E-state index >= 15 is 0 Å².